The molecule has 0 aromatic rings. The lowest BCUT2D eigenvalue weighted by Crippen LogP contribution is -2.31. The maximum Gasteiger partial charge on any atom is 0.144 e. The number of hydrogen-bond donors (Lipinski definition) is 2. The lowest BCUT2D eigenvalue weighted by molar-refractivity contribution is 0.0400. The van der Waals surface area contributed by atoms with Gasteiger partial charge in [-0.25, -0.2) is 0 Å². The standard InChI is InChI=1S/C12H24N2O3/c1-12(2,11(13)14-15)6-3-4-7-17-10-5-8-16-9-10/h10,15H,3-9H2,1-2H3,(H2,13,14). The van der Waals surface area contributed by atoms with Gasteiger partial charge in [-0.2, -0.15) is 0 Å². The van der Waals surface area contributed by atoms with E-state index in [2.05, 4.69) is 5.16 Å². The van der Waals surface area contributed by atoms with Crippen molar-refractivity contribution in [3.05, 3.63) is 0 Å². The summed E-state index contributed by atoms with van der Waals surface area (Å²) in [6, 6.07) is 0. The van der Waals surface area contributed by atoms with Gasteiger partial charge in [-0.1, -0.05) is 25.4 Å². The van der Waals surface area contributed by atoms with Gasteiger partial charge in [0, 0.05) is 18.6 Å². The van der Waals surface area contributed by atoms with E-state index in [0.717, 1.165) is 45.5 Å². The lowest BCUT2D eigenvalue weighted by atomic mass is 9.86. The van der Waals surface area contributed by atoms with Gasteiger partial charge >= 0.3 is 0 Å². The summed E-state index contributed by atoms with van der Waals surface area (Å²) in [4.78, 5) is 0. The van der Waals surface area contributed by atoms with Crippen LogP contribution in [-0.2, 0) is 9.47 Å². The van der Waals surface area contributed by atoms with Crippen molar-refractivity contribution in [2.24, 2.45) is 16.3 Å². The molecule has 5 nitrogen and oxygen atoms in total. The molecule has 100 valence electrons. The number of amidine groups is 1. The second kappa shape index (κ2) is 6.81. The SMILES string of the molecule is CC(C)(CCCCOC1CCOC1)C(N)=NO. The summed E-state index contributed by atoms with van der Waals surface area (Å²) in [7, 11) is 0. The summed E-state index contributed by atoms with van der Waals surface area (Å²) < 4.78 is 10.9. The van der Waals surface area contributed by atoms with Gasteiger partial charge in [0.25, 0.3) is 0 Å². The molecule has 5 heteroatoms. The molecule has 1 fully saturated rings. The van der Waals surface area contributed by atoms with E-state index in [-0.39, 0.29) is 11.5 Å². The molecule has 0 bridgehead atoms. The Hall–Kier alpha value is -0.810. The monoisotopic (exact) mass is 244 g/mol. The summed E-state index contributed by atoms with van der Waals surface area (Å²) in [6.07, 6.45) is 4.20. The van der Waals surface area contributed by atoms with E-state index in [1.54, 1.807) is 0 Å². The van der Waals surface area contributed by atoms with Crippen molar-refractivity contribution in [2.45, 2.75) is 45.6 Å². The Labute approximate surface area is 103 Å². The minimum absolute atomic E-state index is 0.245. The average Bonchev–Trinajstić information content (AvgIpc) is 2.80. The van der Waals surface area contributed by atoms with Crippen molar-refractivity contribution in [3.8, 4) is 0 Å². The van der Waals surface area contributed by atoms with Crippen LogP contribution in [0.3, 0.4) is 0 Å². The topological polar surface area (TPSA) is 77.1 Å². The number of unbranched alkanes of at least 4 members (excludes halogenated alkanes) is 1. The molecule has 1 atom stereocenters. The molecule has 0 saturated carbocycles. The molecule has 0 aromatic carbocycles. The van der Waals surface area contributed by atoms with Gasteiger partial charge in [0.05, 0.1) is 12.7 Å². The first-order valence-electron chi connectivity index (χ1n) is 6.23. The fourth-order valence-electron chi connectivity index (χ4n) is 1.83. The van der Waals surface area contributed by atoms with Crippen LogP contribution in [0.5, 0.6) is 0 Å². The van der Waals surface area contributed by atoms with Crippen LogP contribution in [0.2, 0.25) is 0 Å². The third-order valence-electron chi connectivity index (χ3n) is 3.24. The van der Waals surface area contributed by atoms with E-state index in [1.165, 1.54) is 0 Å². The Kier molecular flexibility index (Phi) is 5.71. The fourth-order valence-corrected chi connectivity index (χ4v) is 1.83. The fraction of sp³-hybridized carbons (Fsp3) is 0.917. The summed E-state index contributed by atoms with van der Waals surface area (Å²) in [5.74, 6) is 0.294. The average molecular weight is 244 g/mol. The van der Waals surface area contributed by atoms with Crippen LogP contribution in [0.15, 0.2) is 5.16 Å². The summed E-state index contributed by atoms with van der Waals surface area (Å²) in [5, 5.41) is 11.7. The van der Waals surface area contributed by atoms with Crippen molar-refractivity contribution >= 4 is 5.84 Å². The lowest BCUT2D eigenvalue weighted by Gasteiger charge is -2.22. The van der Waals surface area contributed by atoms with E-state index in [9.17, 15) is 0 Å². The molecular weight excluding hydrogens is 220 g/mol. The number of rotatable bonds is 7. The van der Waals surface area contributed by atoms with Crippen LogP contribution < -0.4 is 5.73 Å². The van der Waals surface area contributed by atoms with Crippen LogP contribution in [-0.4, -0.2) is 37.0 Å². The number of hydrogen-bond acceptors (Lipinski definition) is 4. The van der Waals surface area contributed by atoms with Crippen LogP contribution in [0.25, 0.3) is 0 Å². The number of ether oxygens (including phenoxy) is 2. The first-order valence-corrected chi connectivity index (χ1v) is 6.23. The van der Waals surface area contributed by atoms with E-state index >= 15 is 0 Å². The Balaban J connectivity index is 2.07. The van der Waals surface area contributed by atoms with Crippen LogP contribution in [0.1, 0.15) is 39.5 Å². The molecule has 0 radical (unpaired) electrons. The number of nitrogens with zero attached hydrogens (tertiary/aromatic N) is 1. The van der Waals surface area contributed by atoms with Gasteiger partial charge in [0.2, 0.25) is 0 Å². The van der Waals surface area contributed by atoms with Gasteiger partial charge in [-0.15, -0.1) is 0 Å². The van der Waals surface area contributed by atoms with Gasteiger partial charge in [-0.3, -0.25) is 0 Å². The highest BCUT2D eigenvalue weighted by Gasteiger charge is 2.23. The van der Waals surface area contributed by atoms with Crippen molar-refractivity contribution in [3.63, 3.8) is 0 Å². The normalized spacial score (nSPS) is 22.0. The maximum absolute atomic E-state index is 8.64. The van der Waals surface area contributed by atoms with Crippen molar-refractivity contribution < 1.29 is 14.7 Å². The van der Waals surface area contributed by atoms with E-state index in [1.807, 2.05) is 13.8 Å². The van der Waals surface area contributed by atoms with E-state index < -0.39 is 0 Å². The first kappa shape index (κ1) is 14.3. The summed E-state index contributed by atoms with van der Waals surface area (Å²) in [6.45, 7) is 6.28. The van der Waals surface area contributed by atoms with Crippen LogP contribution >= 0.6 is 0 Å². The zero-order valence-corrected chi connectivity index (χ0v) is 10.8. The summed E-state index contributed by atoms with van der Waals surface area (Å²) in [5.41, 5.74) is 5.37. The highest BCUT2D eigenvalue weighted by Crippen LogP contribution is 2.23. The summed E-state index contributed by atoms with van der Waals surface area (Å²) >= 11 is 0. The Morgan fingerprint density at radius 3 is 2.88 bits per heavy atom. The van der Waals surface area contributed by atoms with Crippen LogP contribution in [0.4, 0.5) is 0 Å². The smallest absolute Gasteiger partial charge is 0.144 e. The molecule has 0 aromatic heterocycles. The second-order valence-corrected chi connectivity index (χ2v) is 5.18. The van der Waals surface area contributed by atoms with Gasteiger partial charge in [0.15, 0.2) is 0 Å². The molecular formula is C12H24N2O3. The minimum atomic E-state index is -0.245. The Morgan fingerprint density at radius 1 is 1.53 bits per heavy atom. The molecule has 0 aliphatic carbocycles. The minimum Gasteiger partial charge on any atom is -0.409 e. The number of oxime groups is 1. The Bertz CT molecular complexity index is 248. The van der Waals surface area contributed by atoms with Gasteiger partial charge in [0.1, 0.15) is 5.84 Å². The highest BCUT2D eigenvalue weighted by molar-refractivity contribution is 5.85. The third-order valence-corrected chi connectivity index (χ3v) is 3.24. The zero-order valence-electron chi connectivity index (χ0n) is 10.8. The third kappa shape index (κ3) is 4.91. The molecule has 3 N–H and O–H groups in total. The van der Waals surface area contributed by atoms with Gasteiger partial charge in [-0.05, 0) is 19.3 Å². The molecule has 1 aliphatic heterocycles. The van der Waals surface area contributed by atoms with E-state index in [4.69, 9.17) is 20.4 Å². The molecule has 1 unspecified atom stereocenters. The Morgan fingerprint density at radius 2 is 2.29 bits per heavy atom. The maximum atomic E-state index is 8.64. The van der Waals surface area contributed by atoms with Gasteiger partial charge < -0.3 is 20.4 Å². The molecule has 1 heterocycles. The largest absolute Gasteiger partial charge is 0.409 e. The van der Waals surface area contributed by atoms with Crippen molar-refractivity contribution in [2.75, 3.05) is 19.8 Å². The number of nitrogens with two attached hydrogens (primary N) is 1. The highest BCUT2D eigenvalue weighted by atomic mass is 16.5. The molecule has 1 rings (SSSR count). The molecule has 0 amide bonds. The second-order valence-electron chi connectivity index (χ2n) is 5.18. The first-order chi connectivity index (χ1) is 8.06. The molecule has 0 spiro atoms. The molecule has 1 saturated heterocycles. The van der Waals surface area contributed by atoms with Crippen molar-refractivity contribution in [1.82, 2.24) is 0 Å². The van der Waals surface area contributed by atoms with E-state index in [0.29, 0.717) is 5.84 Å². The molecule has 17 heavy (non-hydrogen) atoms. The van der Waals surface area contributed by atoms with Crippen LogP contribution in [0, 0.1) is 5.41 Å². The predicted molar refractivity (Wildman–Crippen MR) is 66.2 cm³/mol. The molecule has 1 aliphatic rings. The van der Waals surface area contributed by atoms with Crippen molar-refractivity contribution in [1.29, 1.82) is 0 Å². The predicted octanol–water partition coefficient (Wildman–Crippen LogP) is 1.73. The quantitative estimate of drug-likeness (QED) is 0.235. The zero-order chi connectivity index (χ0) is 12.7.